The summed E-state index contributed by atoms with van der Waals surface area (Å²) in [7, 11) is 0. The quantitative estimate of drug-likeness (QED) is 0.865. The van der Waals surface area contributed by atoms with Crippen molar-refractivity contribution < 1.29 is 13.5 Å². The normalized spacial score (nSPS) is 10.5. The molecule has 7 heteroatoms. The fourth-order valence-corrected chi connectivity index (χ4v) is 1.51. The highest BCUT2D eigenvalue weighted by molar-refractivity contribution is 6.28. The van der Waals surface area contributed by atoms with Crippen molar-refractivity contribution >= 4 is 11.6 Å². The molecule has 0 atom stereocenters. The molecule has 1 heterocycles. The molecule has 0 aliphatic rings. The summed E-state index contributed by atoms with van der Waals surface area (Å²) in [5.74, 6) is -1.79. The van der Waals surface area contributed by atoms with E-state index in [0.29, 0.717) is 12.2 Å². The Balaban J connectivity index is 2.37. The summed E-state index contributed by atoms with van der Waals surface area (Å²) < 4.78 is 31.3. The molecule has 0 saturated heterocycles. The lowest BCUT2D eigenvalue weighted by molar-refractivity contribution is 0.291. The van der Waals surface area contributed by atoms with E-state index in [1.54, 1.807) is 0 Å². The van der Waals surface area contributed by atoms with Crippen molar-refractivity contribution in [3.63, 3.8) is 0 Å². The lowest BCUT2D eigenvalue weighted by Crippen LogP contribution is -2.03. The second kappa shape index (κ2) is 5.88. The monoisotopic (exact) mass is 285 g/mol. The molecule has 2 rings (SSSR count). The van der Waals surface area contributed by atoms with Gasteiger partial charge in [0, 0.05) is 5.56 Å². The van der Waals surface area contributed by atoms with Gasteiger partial charge in [-0.25, -0.2) is 8.78 Å². The minimum Gasteiger partial charge on any atom is -0.463 e. The van der Waals surface area contributed by atoms with Crippen LogP contribution >= 0.6 is 11.6 Å². The van der Waals surface area contributed by atoms with Gasteiger partial charge in [-0.15, -0.1) is 0 Å². The van der Waals surface area contributed by atoms with Gasteiger partial charge < -0.3 is 4.74 Å². The van der Waals surface area contributed by atoms with Crippen LogP contribution in [0.2, 0.25) is 5.28 Å². The summed E-state index contributed by atoms with van der Waals surface area (Å²) in [6, 6.07) is 3.40. The molecule has 1 aromatic heterocycles. The van der Waals surface area contributed by atoms with E-state index in [4.69, 9.17) is 16.3 Å². The summed E-state index contributed by atoms with van der Waals surface area (Å²) in [4.78, 5) is 11.6. The highest BCUT2D eigenvalue weighted by Gasteiger charge is 2.10. The third kappa shape index (κ3) is 3.35. The molecule has 4 nitrogen and oxygen atoms in total. The van der Waals surface area contributed by atoms with Crippen LogP contribution < -0.4 is 4.74 Å². The molecule has 0 spiro atoms. The van der Waals surface area contributed by atoms with Gasteiger partial charge in [0.05, 0.1) is 6.61 Å². The molecule has 1 aromatic carbocycles. The second-order valence-corrected chi connectivity index (χ2v) is 4.03. The van der Waals surface area contributed by atoms with Crippen LogP contribution in [0.5, 0.6) is 6.01 Å². The first-order valence-electron chi connectivity index (χ1n) is 5.60. The lowest BCUT2D eigenvalue weighted by atomic mass is 10.2. The molecule has 0 fully saturated rings. The van der Waals surface area contributed by atoms with E-state index < -0.39 is 11.6 Å². The first kappa shape index (κ1) is 13.6. The topological polar surface area (TPSA) is 47.9 Å². The van der Waals surface area contributed by atoms with Gasteiger partial charge in [-0.1, -0.05) is 6.92 Å². The van der Waals surface area contributed by atoms with Crippen molar-refractivity contribution in [1.82, 2.24) is 15.0 Å². The SMILES string of the molecule is CCCOc1nc(Cl)nc(-c2ccc(F)c(F)c2)n1. The van der Waals surface area contributed by atoms with Crippen molar-refractivity contribution in [1.29, 1.82) is 0 Å². The van der Waals surface area contributed by atoms with Gasteiger partial charge in [-0.05, 0) is 36.2 Å². The van der Waals surface area contributed by atoms with Crippen LogP contribution in [-0.2, 0) is 0 Å². The Morgan fingerprint density at radius 1 is 1.16 bits per heavy atom. The third-order valence-corrected chi connectivity index (χ3v) is 2.37. The highest BCUT2D eigenvalue weighted by Crippen LogP contribution is 2.21. The number of nitrogens with zero attached hydrogens (tertiary/aromatic N) is 3. The molecule has 19 heavy (non-hydrogen) atoms. The van der Waals surface area contributed by atoms with Crippen molar-refractivity contribution in [3.05, 3.63) is 35.1 Å². The first-order chi connectivity index (χ1) is 9.10. The Hall–Kier alpha value is -1.82. The third-order valence-electron chi connectivity index (χ3n) is 2.20. The predicted molar refractivity (Wildman–Crippen MR) is 66.0 cm³/mol. The van der Waals surface area contributed by atoms with Gasteiger partial charge in [0.2, 0.25) is 5.28 Å². The second-order valence-electron chi connectivity index (χ2n) is 3.69. The average molecular weight is 286 g/mol. The number of hydrogen-bond acceptors (Lipinski definition) is 4. The molecule has 100 valence electrons. The number of hydrogen-bond donors (Lipinski definition) is 0. The maximum absolute atomic E-state index is 13.2. The fourth-order valence-electron chi connectivity index (χ4n) is 1.35. The smallest absolute Gasteiger partial charge is 0.321 e. The Labute approximate surface area is 113 Å². The molecular formula is C12H10ClF2N3O. The largest absolute Gasteiger partial charge is 0.463 e. The maximum Gasteiger partial charge on any atom is 0.321 e. The number of benzene rings is 1. The molecule has 0 radical (unpaired) electrons. The Morgan fingerprint density at radius 2 is 1.95 bits per heavy atom. The number of rotatable bonds is 4. The summed E-state index contributed by atoms with van der Waals surface area (Å²) >= 11 is 5.74. The highest BCUT2D eigenvalue weighted by atomic mass is 35.5. The van der Waals surface area contributed by atoms with Crippen molar-refractivity contribution in [2.24, 2.45) is 0 Å². The number of halogens is 3. The minimum absolute atomic E-state index is 0.0570. The van der Waals surface area contributed by atoms with Gasteiger partial charge in [0.25, 0.3) is 0 Å². The Bertz CT molecular complexity index is 595. The van der Waals surface area contributed by atoms with E-state index in [9.17, 15) is 8.78 Å². The Morgan fingerprint density at radius 3 is 2.63 bits per heavy atom. The minimum atomic E-state index is -0.981. The average Bonchev–Trinajstić information content (AvgIpc) is 2.39. The van der Waals surface area contributed by atoms with E-state index in [1.807, 2.05) is 6.92 Å². The molecule has 0 aliphatic carbocycles. The summed E-state index contributed by atoms with van der Waals surface area (Å²) in [6.07, 6.45) is 0.782. The van der Waals surface area contributed by atoms with Gasteiger partial charge in [-0.3, -0.25) is 0 Å². The zero-order valence-electron chi connectivity index (χ0n) is 10.0. The molecular weight excluding hydrogens is 276 g/mol. The van der Waals surface area contributed by atoms with E-state index in [-0.39, 0.29) is 17.1 Å². The van der Waals surface area contributed by atoms with Crippen LogP contribution in [0, 0.1) is 11.6 Å². The van der Waals surface area contributed by atoms with Crippen molar-refractivity contribution in [3.8, 4) is 17.4 Å². The van der Waals surface area contributed by atoms with Crippen molar-refractivity contribution in [2.75, 3.05) is 6.61 Å². The van der Waals surface area contributed by atoms with Gasteiger partial charge >= 0.3 is 6.01 Å². The van der Waals surface area contributed by atoms with Crippen LogP contribution in [0.3, 0.4) is 0 Å². The summed E-state index contributed by atoms with van der Waals surface area (Å²) in [5, 5.41) is -0.0687. The number of aromatic nitrogens is 3. The van der Waals surface area contributed by atoms with E-state index in [1.165, 1.54) is 6.07 Å². The zero-order valence-corrected chi connectivity index (χ0v) is 10.8. The van der Waals surface area contributed by atoms with Crippen LogP contribution in [0.1, 0.15) is 13.3 Å². The molecule has 0 N–H and O–H groups in total. The summed E-state index contributed by atoms with van der Waals surface area (Å²) in [5.41, 5.74) is 0.296. The van der Waals surface area contributed by atoms with Crippen LogP contribution in [0.4, 0.5) is 8.78 Å². The molecule has 0 saturated carbocycles. The van der Waals surface area contributed by atoms with Gasteiger partial charge in [0.15, 0.2) is 17.5 Å². The van der Waals surface area contributed by atoms with Gasteiger partial charge in [0.1, 0.15) is 0 Å². The van der Waals surface area contributed by atoms with E-state index >= 15 is 0 Å². The van der Waals surface area contributed by atoms with Crippen LogP contribution in [0.25, 0.3) is 11.4 Å². The van der Waals surface area contributed by atoms with Crippen LogP contribution in [-0.4, -0.2) is 21.6 Å². The van der Waals surface area contributed by atoms with E-state index in [2.05, 4.69) is 15.0 Å². The zero-order chi connectivity index (χ0) is 13.8. The lowest BCUT2D eigenvalue weighted by Gasteiger charge is -2.05. The Kier molecular flexibility index (Phi) is 4.21. The van der Waals surface area contributed by atoms with Crippen LogP contribution in [0.15, 0.2) is 18.2 Å². The maximum atomic E-state index is 13.2. The standard InChI is InChI=1S/C12H10ClF2N3O/c1-2-5-19-12-17-10(16-11(13)18-12)7-3-4-8(14)9(15)6-7/h3-4,6H,2,5H2,1H3. The molecule has 2 aromatic rings. The number of ether oxygens (including phenoxy) is 1. The molecule has 0 aliphatic heterocycles. The predicted octanol–water partition coefficient (Wildman–Crippen LogP) is 3.26. The first-order valence-corrected chi connectivity index (χ1v) is 5.97. The summed E-state index contributed by atoms with van der Waals surface area (Å²) in [6.45, 7) is 2.36. The van der Waals surface area contributed by atoms with Gasteiger partial charge in [-0.2, -0.15) is 15.0 Å². The molecule has 0 unspecified atom stereocenters. The van der Waals surface area contributed by atoms with Crippen molar-refractivity contribution in [2.45, 2.75) is 13.3 Å². The van der Waals surface area contributed by atoms with E-state index in [0.717, 1.165) is 18.6 Å². The molecule has 0 bridgehead atoms. The fraction of sp³-hybridized carbons (Fsp3) is 0.250. The molecule has 0 amide bonds.